The zero-order chi connectivity index (χ0) is 13.1. The smallest absolute Gasteiger partial charge is 0.236 e. The molecule has 2 aliphatic heterocycles. The van der Waals surface area contributed by atoms with Gasteiger partial charge in [-0.15, -0.1) is 0 Å². The van der Waals surface area contributed by atoms with Crippen LogP contribution in [0.15, 0.2) is 0 Å². The van der Waals surface area contributed by atoms with Crippen molar-refractivity contribution in [1.82, 2.24) is 9.80 Å². The molecule has 2 fully saturated rings. The Hall–Kier alpha value is -0.610. The molecule has 4 nitrogen and oxygen atoms in total. The van der Waals surface area contributed by atoms with Crippen molar-refractivity contribution in [3.05, 3.63) is 0 Å². The Morgan fingerprint density at radius 3 is 2.56 bits per heavy atom. The summed E-state index contributed by atoms with van der Waals surface area (Å²) in [6, 6.07) is 0.202. The van der Waals surface area contributed by atoms with Crippen LogP contribution in [0.2, 0.25) is 0 Å². The fourth-order valence-corrected chi connectivity index (χ4v) is 3.45. The number of hydrogen-bond donors (Lipinski definition) is 1. The number of aliphatic hydroxyl groups excluding tert-OH is 1. The van der Waals surface area contributed by atoms with Crippen LogP contribution in [0.1, 0.15) is 33.1 Å². The molecule has 0 bridgehead atoms. The van der Waals surface area contributed by atoms with E-state index < -0.39 is 0 Å². The Labute approximate surface area is 110 Å². The molecule has 0 aromatic rings. The molecule has 2 rings (SSSR count). The van der Waals surface area contributed by atoms with Crippen molar-refractivity contribution < 1.29 is 9.90 Å². The van der Waals surface area contributed by atoms with Gasteiger partial charge in [-0.1, -0.05) is 13.8 Å². The van der Waals surface area contributed by atoms with E-state index in [9.17, 15) is 9.90 Å². The van der Waals surface area contributed by atoms with E-state index >= 15 is 0 Å². The second-order valence-corrected chi connectivity index (χ2v) is 6.19. The van der Waals surface area contributed by atoms with Crippen molar-refractivity contribution in [2.75, 3.05) is 32.8 Å². The van der Waals surface area contributed by atoms with Gasteiger partial charge in [-0.25, -0.2) is 0 Å². The van der Waals surface area contributed by atoms with Crippen molar-refractivity contribution >= 4 is 5.91 Å². The summed E-state index contributed by atoms with van der Waals surface area (Å²) < 4.78 is 0. The Balaban J connectivity index is 1.87. The lowest BCUT2D eigenvalue weighted by Gasteiger charge is -2.36. The van der Waals surface area contributed by atoms with Crippen molar-refractivity contribution in [2.45, 2.75) is 39.2 Å². The molecular formula is C14H26N2O2. The van der Waals surface area contributed by atoms with Crippen molar-refractivity contribution in [3.63, 3.8) is 0 Å². The first kappa shape index (κ1) is 13.8. The minimum Gasteiger partial charge on any atom is -0.395 e. The second kappa shape index (κ2) is 6.02. The van der Waals surface area contributed by atoms with Crippen LogP contribution in [0.5, 0.6) is 0 Å². The fraction of sp³-hybridized carbons (Fsp3) is 0.929. The second-order valence-electron chi connectivity index (χ2n) is 6.19. The van der Waals surface area contributed by atoms with E-state index in [0.717, 1.165) is 32.5 Å². The Morgan fingerprint density at radius 1 is 1.28 bits per heavy atom. The third-order valence-electron chi connectivity index (χ3n) is 4.27. The molecule has 0 spiro atoms. The minimum absolute atomic E-state index is 0.181. The summed E-state index contributed by atoms with van der Waals surface area (Å²) in [7, 11) is 0. The Morgan fingerprint density at radius 2 is 1.94 bits per heavy atom. The fourth-order valence-electron chi connectivity index (χ4n) is 3.45. The van der Waals surface area contributed by atoms with Gasteiger partial charge in [0.15, 0.2) is 0 Å². The number of hydrogen-bond acceptors (Lipinski definition) is 3. The van der Waals surface area contributed by atoms with E-state index in [4.69, 9.17) is 0 Å². The lowest BCUT2D eigenvalue weighted by Crippen LogP contribution is -2.48. The molecule has 2 aliphatic rings. The highest BCUT2D eigenvalue weighted by Crippen LogP contribution is 2.22. The predicted octanol–water partition coefficient (Wildman–Crippen LogP) is 0.948. The zero-order valence-corrected chi connectivity index (χ0v) is 11.6. The van der Waals surface area contributed by atoms with Gasteiger partial charge >= 0.3 is 0 Å². The normalized spacial score (nSPS) is 33.9. The topological polar surface area (TPSA) is 43.8 Å². The highest BCUT2D eigenvalue weighted by molar-refractivity contribution is 5.78. The molecule has 0 radical (unpaired) electrons. The predicted molar refractivity (Wildman–Crippen MR) is 71.2 cm³/mol. The molecule has 0 saturated carbocycles. The molecule has 2 saturated heterocycles. The largest absolute Gasteiger partial charge is 0.395 e. The van der Waals surface area contributed by atoms with Crippen LogP contribution in [0.4, 0.5) is 0 Å². The van der Waals surface area contributed by atoms with Gasteiger partial charge in [0.05, 0.1) is 13.2 Å². The molecule has 4 heteroatoms. The van der Waals surface area contributed by atoms with Gasteiger partial charge < -0.3 is 10.0 Å². The SMILES string of the molecule is CC1CC(C)CN(C(=O)CN2CCC[C@@H]2CO)C1. The van der Waals surface area contributed by atoms with Crippen molar-refractivity contribution in [2.24, 2.45) is 11.8 Å². The number of aliphatic hydroxyl groups is 1. The van der Waals surface area contributed by atoms with Crippen LogP contribution in [0.3, 0.4) is 0 Å². The molecule has 3 atom stereocenters. The van der Waals surface area contributed by atoms with Crippen LogP contribution >= 0.6 is 0 Å². The van der Waals surface area contributed by atoms with Gasteiger partial charge in [0.2, 0.25) is 5.91 Å². The van der Waals surface area contributed by atoms with Gasteiger partial charge in [-0.05, 0) is 37.6 Å². The average Bonchev–Trinajstić information content (AvgIpc) is 2.75. The monoisotopic (exact) mass is 254 g/mol. The van der Waals surface area contributed by atoms with Gasteiger partial charge in [0.1, 0.15) is 0 Å². The quantitative estimate of drug-likeness (QED) is 0.815. The maximum atomic E-state index is 12.3. The van der Waals surface area contributed by atoms with E-state index in [1.807, 2.05) is 4.90 Å². The van der Waals surface area contributed by atoms with Crippen LogP contribution in [0, 0.1) is 11.8 Å². The van der Waals surface area contributed by atoms with E-state index in [2.05, 4.69) is 18.7 Å². The van der Waals surface area contributed by atoms with Gasteiger partial charge in [-0.3, -0.25) is 9.69 Å². The molecule has 2 heterocycles. The number of piperidine rings is 1. The third kappa shape index (κ3) is 3.23. The number of nitrogens with zero attached hydrogens (tertiary/aromatic N) is 2. The Bertz CT molecular complexity index is 286. The molecule has 104 valence electrons. The van der Waals surface area contributed by atoms with Crippen LogP contribution in [-0.2, 0) is 4.79 Å². The summed E-state index contributed by atoms with van der Waals surface area (Å²) in [5.41, 5.74) is 0. The summed E-state index contributed by atoms with van der Waals surface area (Å²) in [5.74, 6) is 1.48. The molecular weight excluding hydrogens is 228 g/mol. The highest BCUT2D eigenvalue weighted by atomic mass is 16.3. The molecule has 0 aliphatic carbocycles. The molecule has 1 N–H and O–H groups in total. The first-order valence-electron chi connectivity index (χ1n) is 7.22. The summed E-state index contributed by atoms with van der Waals surface area (Å²) in [4.78, 5) is 16.5. The maximum absolute atomic E-state index is 12.3. The standard InChI is InChI=1S/C14H26N2O2/c1-11-6-12(2)8-16(7-11)14(18)9-15-5-3-4-13(15)10-17/h11-13,17H,3-10H2,1-2H3/t11?,12?,13-/m1/s1. The lowest BCUT2D eigenvalue weighted by molar-refractivity contribution is -0.135. The number of carbonyl (C=O) groups excluding carboxylic acids is 1. The van der Waals surface area contributed by atoms with E-state index in [1.54, 1.807) is 0 Å². The van der Waals surface area contributed by atoms with Crippen LogP contribution < -0.4 is 0 Å². The average molecular weight is 254 g/mol. The zero-order valence-electron chi connectivity index (χ0n) is 11.6. The summed E-state index contributed by atoms with van der Waals surface area (Å²) in [5, 5.41) is 9.28. The molecule has 0 aromatic carbocycles. The Kier molecular flexibility index (Phi) is 4.62. The molecule has 0 aromatic heterocycles. The summed E-state index contributed by atoms with van der Waals surface area (Å²) in [6.45, 7) is 7.88. The van der Waals surface area contributed by atoms with Gasteiger partial charge in [-0.2, -0.15) is 0 Å². The van der Waals surface area contributed by atoms with E-state index in [1.165, 1.54) is 6.42 Å². The number of likely N-dealkylation sites (tertiary alicyclic amines) is 2. The van der Waals surface area contributed by atoms with Crippen molar-refractivity contribution in [3.8, 4) is 0 Å². The third-order valence-corrected chi connectivity index (χ3v) is 4.27. The first-order valence-corrected chi connectivity index (χ1v) is 7.22. The number of rotatable bonds is 3. The first-order chi connectivity index (χ1) is 8.60. The van der Waals surface area contributed by atoms with Crippen molar-refractivity contribution in [1.29, 1.82) is 0 Å². The molecule has 2 unspecified atom stereocenters. The minimum atomic E-state index is 0.181. The summed E-state index contributed by atoms with van der Waals surface area (Å²) in [6.07, 6.45) is 3.36. The molecule has 1 amide bonds. The lowest BCUT2D eigenvalue weighted by atomic mass is 9.92. The van der Waals surface area contributed by atoms with E-state index in [-0.39, 0.29) is 18.6 Å². The molecule has 18 heavy (non-hydrogen) atoms. The van der Waals surface area contributed by atoms with E-state index in [0.29, 0.717) is 18.4 Å². The highest BCUT2D eigenvalue weighted by Gasteiger charge is 2.30. The maximum Gasteiger partial charge on any atom is 0.236 e. The number of amides is 1. The summed E-state index contributed by atoms with van der Waals surface area (Å²) >= 11 is 0. The van der Waals surface area contributed by atoms with Crippen LogP contribution in [0.25, 0.3) is 0 Å². The van der Waals surface area contributed by atoms with Gasteiger partial charge in [0.25, 0.3) is 0 Å². The number of carbonyl (C=O) groups is 1. The van der Waals surface area contributed by atoms with Crippen LogP contribution in [-0.4, -0.2) is 59.6 Å². The van der Waals surface area contributed by atoms with Gasteiger partial charge in [0, 0.05) is 19.1 Å².